The van der Waals surface area contributed by atoms with E-state index in [1.807, 2.05) is 27.7 Å². The normalized spacial score (nSPS) is 17.0. The third-order valence-corrected chi connectivity index (χ3v) is 3.85. The summed E-state index contributed by atoms with van der Waals surface area (Å²) in [6, 6.07) is 4.23. The molecule has 0 aromatic heterocycles. The van der Waals surface area contributed by atoms with Gasteiger partial charge in [-0.2, -0.15) is 0 Å². The Hall–Kier alpha value is -2.19. The second-order valence-electron chi connectivity index (χ2n) is 5.98. The molecule has 1 atom stereocenters. The summed E-state index contributed by atoms with van der Waals surface area (Å²) < 4.78 is 16.8. The molecule has 1 heterocycles. The van der Waals surface area contributed by atoms with Crippen LogP contribution in [0.4, 0.5) is 11.4 Å². The largest absolute Gasteiger partial charge is 0.478 e. The average Bonchev–Trinajstić information content (AvgIpc) is 2.56. The van der Waals surface area contributed by atoms with E-state index in [9.17, 15) is 14.9 Å². The first kappa shape index (κ1) is 19.1. The van der Waals surface area contributed by atoms with Crippen LogP contribution in [0.3, 0.4) is 0 Å². The van der Waals surface area contributed by atoms with Crippen LogP contribution in [-0.2, 0) is 14.3 Å². The Morgan fingerprint density at radius 3 is 2.44 bits per heavy atom. The second kappa shape index (κ2) is 8.26. The van der Waals surface area contributed by atoms with Crippen molar-refractivity contribution in [3.63, 3.8) is 0 Å². The van der Waals surface area contributed by atoms with Gasteiger partial charge in [-0.3, -0.25) is 14.9 Å². The van der Waals surface area contributed by atoms with Crippen molar-refractivity contribution in [2.75, 3.05) is 24.7 Å². The zero-order valence-corrected chi connectivity index (χ0v) is 14.9. The molecule has 1 aliphatic heterocycles. The van der Waals surface area contributed by atoms with Crippen LogP contribution in [0.25, 0.3) is 0 Å². The highest BCUT2D eigenvalue weighted by Gasteiger charge is 2.38. The first-order valence-electron chi connectivity index (χ1n) is 8.38. The SMILES string of the molecule is CCOC(CN1C(=O)C(C(C)C)Oc2cc([N+](=O)[O-])ccc21)OCC. The van der Waals surface area contributed by atoms with Crippen LogP contribution in [0.1, 0.15) is 27.7 Å². The lowest BCUT2D eigenvalue weighted by atomic mass is 10.0. The Balaban J connectivity index is 2.39. The molecule has 1 unspecified atom stereocenters. The van der Waals surface area contributed by atoms with Gasteiger partial charge in [0.1, 0.15) is 0 Å². The van der Waals surface area contributed by atoms with E-state index in [2.05, 4.69) is 0 Å². The predicted molar refractivity (Wildman–Crippen MR) is 91.7 cm³/mol. The number of hydrogen-bond donors (Lipinski definition) is 0. The number of hydrogen-bond acceptors (Lipinski definition) is 6. The monoisotopic (exact) mass is 352 g/mol. The Bertz CT molecular complexity index is 628. The first-order chi connectivity index (χ1) is 11.9. The summed E-state index contributed by atoms with van der Waals surface area (Å²) >= 11 is 0. The van der Waals surface area contributed by atoms with Crippen LogP contribution in [0, 0.1) is 16.0 Å². The molecule has 0 aliphatic carbocycles. The number of nitro benzene ring substituents is 1. The van der Waals surface area contributed by atoms with Gasteiger partial charge in [-0.15, -0.1) is 0 Å². The quantitative estimate of drug-likeness (QED) is 0.406. The zero-order valence-electron chi connectivity index (χ0n) is 14.9. The van der Waals surface area contributed by atoms with Crippen molar-refractivity contribution in [1.82, 2.24) is 0 Å². The molecule has 0 bridgehead atoms. The molecule has 1 aromatic carbocycles. The van der Waals surface area contributed by atoms with E-state index in [1.54, 1.807) is 0 Å². The summed E-state index contributed by atoms with van der Waals surface area (Å²) in [6.07, 6.45) is -1.29. The van der Waals surface area contributed by atoms with Crippen LogP contribution < -0.4 is 9.64 Å². The minimum Gasteiger partial charge on any atom is -0.478 e. The number of fused-ring (bicyclic) bond motifs is 1. The molecular weight excluding hydrogens is 328 g/mol. The molecule has 138 valence electrons. The summed E-state index contributed by atoms with van der Waals surface area (Å²) in [7, 11) is 0. The van der Waals surface area contributed by atoms with E-state index in [4.69, 9.17) is 14.2 Å². The summed E-state index contributed by atoms with van der Waals surface area (Å²) in [5, 5.41) is 11.0. The van der Waals surface area contributed by atoms with E-state index < -0.39 is 17.3 Å². The molecule has 0 spiro atoms. The maximum absolute atomic E-state index is 12.8. The van der Waals surface area contributed by atoms with Crippen molar-refractivity contribution in [3.05, 3.63) is 28.3 Å². The van der Waals surface area contributed by atoms with Crippen LogP contribution in [0.5, 0.6) is 5.75 Å². The molecule has 1 amide bonds. The number of benzene rings is 1. The molecule has 0 N–H and O–H groups in total. The molecular formula is C17H24N2O6. The van der Waals surface area contributed by atoms with Crippen molar-refractivity contribution in [3.8, 4) is 5.75 Å². The van der Waals surface area contributed by atoms with Gasteiger partial charge >= 0.3 is 0 Å². The maximum atomic E-state index is 12.8. The average molecular weight is 352 g/mol. The van der Waals surface area contributed by atoms with Crippen LogP contribution >= 0.6 is 0 Å². The van der Waals surface area contributed by atoms with Gasteiger partial charge in [-0.05, 0) is 25.8 Å². The van der Waals surface area contributed by atoms with Gasteiger partial charge in [-0.1, -0.05) is 13.8 Å². The summed E-state index contributed by atoms with van der Waals surface area (Å²) in [5.41, 5.74) is 0.402. The van der Waals surface area contributed by atoms with Gasteiger partial charge < -0.3 is 19.1 Å². The summed E-state index contributed by atoms with van der Waals surface area (Å²) in [4.78, 5) is 24.9. The third kappa shape index (κ3) is 4.26. The Morgan fingerprint density at radius 2 is 1.92 bits per heavy atom. The molecule has 8 nitrogen and oxygen atoms in total. The fraction of sp³-hybridized carbons (Fsp3) is 0.588. The van der Waals surface area contributed by atoms with Gasteiger partial charge in [0.05, 0.1) is 23.2 Å². The highest BCUT2D eigenvalue weighted by molar-refractivity contribution is 6.00. The molecule has 1 aromatic rings. The topological polar surface area (TPSA) is 91.1 Å². The molecule has 0 radical (unpaired) electrons. The summed E-state index contributed by atoms with van der Waals surface area (Å²) in [6.45, 7) is 8.52. The maximum Gasteiger partial charge on any atom is 0.273 e. The van der Waals surface area contributed by atoms with Crippen LogP contribution in [-0.4, -0.2) is 43.0 Å². The van der Waals surface area contributed by atoms with E-state index in [1.165, 1.54) is 23.1 Å². The van der Waals surface area contributed by atoms with Crippen LogP contribution in [0.15, 0.2) is 18.2 Å². The number of anilines is 1. The van der Waals surface area contributed by atoms with Gasteiger partial charge in [0.15, 0.2) is 18.1 Å². The lowest BCUT2D eigenvalue weighted by molar-refractivity contribution is -0.384. The number of ether oxygens (including phenoxy) is 3. The van der Waals surface area contributed by atoms with E-state index in [0.717, 1.165) is 0 Å². The highest BCUT2D eigenvalue weighted by atomic mass is 16.7. The Kier molecular flexibility index (Phi) is 6.33. The fourth-order valence-electron chi connectivity index (χ4n) is 2.68. The Morgan fingerprint density at radius 1 is 1.28 bits per heavy atom. The minimum atomic E-state index is -0.710. The zero-order chi connectivity index (χ0) is 18.6. The lowest BCUT2D eigenvalue weighted by Gasteiger charge is -2.37. The Labute approximate surface area is 146 Å². The number of nitrogens with zero attached hydrogens (tertiary/aromatic N) is 2. The minimum absolute atomic E-state index is 0.0817. The lowest BCUT2D eigenvalue weighted by Crippen LogP contribution is -2.51. The van der Waals surface area contributed by atoms with Gasteiger partial charge in [-0.25, -0.2) is 0 Å². The molecule has 1 aliphatic rings. The predicted octanol–water partition coefficient (Wildman–Crippen LogP) is 2.74. The van der Waals surface area contributed by atoms with E-state index >= 15 is 0 Å². The van der Waals surface area contributed by atoms with E-state index in [-0.39, 0.29) is 24.1 Å². The molecule has 0 fully saturated rings. The number of amides is 1. The fourth-order valence-corrected chi connectivity index (χ4v) is 2.68. The number of carbonyl (C=O) groups is 1. The molecule has 8 heteroatoms. The number of nitro groups is 1. The molecule has 2 rings (SSSR count). The van der Waals surface area contributed by atoms with Crippen molar-refractivity contribution in [1.29, 1.82) is 0 Å². The number of carbonyl (C=O) groups excluding carboxylic acids is 1. The smallest absolute Gasteiger partial charge is 0.273 e. The van der Waals surface area contributed by atoms with Crippen molar-refractivity contribution >= 4 is 17.3 Å². The van der Waals surface area contributed by atoms with Gasteiger partial charge in [0.2, 0.25) is 0 Å². The van der Waals surface area contributed by atoms with Crippen molar-refractivity contribution < 1.29 is 23.9 Å². The van der Waals surface area contributed by atoms with Gasteiger partial charge in [0.25, 0.3) is 11.6 Å². The standard InChI is InChI=1S/C17H24N2O6/c1-5-23-15(24-6-2)10-18-13-8-7-12(19(21)22)9-14(13)25-16(11(3)4)17(18)20/h7-9,11,15-16H,5-6,10H2,1-4H3. The summed E-state index contributed by atoms with van der Waals surface area (Å²) in [5.74, 6) is 0.0278. The highest BCUT2D eigenvalue weighted by Crippen LogP contribution is 2.38. The number of rotatable bonds is 8. The first-order valence-corrected chi connectivity index (χ1v) is 8.38. The molecule has 0 saturated heterocycles. The number of non-ortho nitro benzene ring substituents is 1. The van der Waals surface area contributed by atoms with E-state index in [0.29, 0.717) is 24.7 Å². The van der Waals surface area contributed by atoms with Gasteiger partial charge in [0, 0.05) is 19.3 Å². The van der Waals surface area contributed by atoms with Crippen molar-refractivity contribution in [2.45, 2.75) is 40.1 Å². The second-order valence-corrected chi connectivity index (χ2v) is 5.98. The molecule has 0 saturated carbocycles. The molecule has 25 heavy (non-hydrogen) atoms. The van der Waals surface area contributed by atoms with Crippen LogP contribution in [0.2, 0.25) is 0 Å². The third-order valence-electron chi connectivity index (χ3n) is 3.85. The van der Waals surface area contributed by atoms with Crippen molar-refractivity contribution in [2.24, 2.45) is 5.92 Å².